The van der Waals surface area contributed by atoms with E-state index in [0.29, 0.717) is 6.61 Å². The molecule has 12 heavy (non-hydrogen) atoms. The molecule has 0 aliphatic rings. The van der Waals surface area contributed by atoms with Gasteiger partial charge in [0.2, 0.25) is 0 Å². The van der Waals surface area contributed by atoms with Crippen molar-refractivity contribution in [3.63, 3.8) is 0 Å². The van der Waals surface area contributed by atoms with Crippen LogP contribution in [0.15, 0.2) is 17.5 Å². The number of carbonyl (C=O) groups is 1. The number of hydrogen-bond donors (Lipinski definition) is 0. The van der Waals surface area contributed by atoms with Gasteiger partial charge in [0.05, 0.1) is 6.61 Å². The van der Waals surface area contributed by atoms with Crippen molar-refractivity contribution in [2.24, 2.45) is 0 Å². The second kappa shape index (κ2) is 5.06. The van der Waals surface area contributed by atoms with Crippen LogP contribution in [-0.2, 0) is 16.0 Å². The topological polar surface area (TPSA) is 26.3 Å². The molecule has 0 fully saturated rings. The van der Waals surface area contributed by atoms with Gasteiger partial charge in [0.1, 0.15) is 6.61 Å². The number of hydrogen-bond acceptors (Lipinski definition) is 3. The summed E-state index contributed by atoms with van der Waals surface area (Å²) in [6.45, 7) is 2.41. The van der Waals surface area contributed by atoms with E-state index in [-0.39, 0.29) is 12.4 Å². The Morgan fingerprint density at radius 2 is 2.50 bits per heavy atom. The molecule has 0 bridgehead atoms. The van der Waals surface area contributed by atoms with Crippen molar-refractivity contribution < 1.29 is 9.53 Å². The zero-order chi connectivity index (χ0) is 8.81. The Bertz CT molecular complexity index is 229. The molecule has 0 unspecified atom stereocenters. The first-order valence-corrected chi connectivity index (χ1v) is 4.76. The van der Waals surface area contributed by atoms with Crippen molar-refractivity contribution in [2.45, 2.75) is 13.3 Å². The lowest BCUT2D eigenvalue weighted by Gasteiger charge is -1.98. The molecule has 1 aromatic heterocycles. The van der Waals surface area contributed by atoms with Gasteiger partial charge in [-0.2, -0.15) is 0 Å². The average Bonchev–Trinajstić information content (AvgIpc) is 2.49. The van der Waals surface area contributed by atoms with Gasteiger partial charge in [-0.25, -0.2) is 0 Å². The van der Waals surface area contributed by atoms with Gasteiger partial charge in [-0.3, -0.25) is 4.79 Å². The Morgan fingerprint density at radius 1 is 1.67 bits per heavy atom. The van der Waals surface area contributed by atoms with Crippen LogP contribution in [0.3, 0.4) is 0 Å². The molecule has 0 radical (unpaired) electrons. The lowest BCUT2D eigenvalue weighted by atomic mass is 10.4. The van der Waals surface area contributed by atoms with Gasteiger partial charge in [0.25, 0.3) is 0 Å². The van der Waals surface area contributed by atoms with E-state index >= 15 is 0 Å². The Morgan fingerprint density at radius 3 is 3.08 bits per heavy atom. The Balaban J connectivity index is 2.07. The van der Waals surface area contributed by atoms with Crippen LogP contribution < -0.4 is 0 Å². The van der Waals surface area contributed by atoms with E-state index in [1.165, 1.54) is 11.8 Å². The maximum Gasteiger partial charge on any atom is 0.155 e. The molecule has 3 heteroatoms. The lowest BCUT2D eigenvalue weighted by Crippen LogP contribution is -2.06. The fraction of sp³-hybridized carbons (Fsp3) is 0.444. The van der Waals surface area contributed by atoms with Gasteiger partial charge in [0, 0.05) is 11.3 Å². The molecule has 0 aliphatic heterocycles. The van der Waals surface area contributed by atoms with Crippen LogP contribution in [0, 0.1) is 0 Å². The van der Waals surface area contributed by atoms with Gasteiger partial charge < -0.3 is 4.74 Å². The average molecular weight is 184 g/mol. The molecular formula is C9H12O2S. The van der Waals surface area contributed by atoms with Crippen molar-refractivity contribution in [1.82, 2.24) is 0 Å². The van der Waals surface area contributed by atoms with E-state index in [9.17, 15) is 4.79 Å². The number of Topliss-reactive ketones (excluding diaryl/α,β-unsaturated/α-hetero) is 1. The van der Waals surface area contributed by atoms with Crippen LogP contribution >= 0.6 is 11.3 Å². The van der Waals surface area contributed by atoms with E-state index in [1.54, 1.807) is 11.3 Å². The first-order chi connectivity index (χ1) is 5.79. The van der Waals surface area contributed by atoms with Crippen LogP contribution in [0.5, 0.6) is 0 Å². The molecule has 0 aromatic carbocycles. The monoisotopic (exact) mass is 184 g/mol. The summed E-state index contributed by atoms with van der Waals surface area (Å²) < 4.78 is 5.13. The molecule has 0 saturated carbocycles. The van der Waals surface area contributed by atoms with Crippen LogP contribution in [0.1, 0.15) is 11.8 Å². The van der Waals surface area contributed by atoms with Gasteiger partial charge >= 0.3 is 0 Å². The van der Waals surface area contributed by atoms with E-state index < -0.39 is 0 Å². The van der Waals surface area contributed by atoms with E-state index in [1.807, 2.05) is 11.4 Å². The molecule has 0 atom stereocenters. The van der Waals surface area contributed by atoms with Gasteiger partial charge in [-0.05, 0) is 18.4 Å². The minimum absolute atomic E-state index is 0.0844. The molecule has 1 aromatic rings. The Kier molecular flexibility index (Phi) is 3.97. The molecule has 1 heterocycles. The zero-order valence-electron chi connectivity index (χ0n) is 7.08. The third-order valence-electron chi connectivity index (χ3n) is 1.38. The summed E-state index contributed by atoms with van der Waals surface area (Å²) >= 11 is 1.72. The normalized spacial score (nSPS) is 10.1. The standard InChI is InChI=1S/C9H12O2S/c1-8(10)7-11-5-4-9-3-2-6-12-9/h2-3,6H,4-5,7H2,1H3. The van der Waals surface area contributed by atoms with Crippen LogP contribution in [0.25, 0.3) is 0 Å². The Labute approximate surface area is 76.2 Å². The molecule has 2 nitrogen and oxygen atoms in total. The maximum absolute atomic E-state index is 10.5. The highest BCUT2D eigenvalue weighted by atomic mass is 32.1. The van der Waals surface area contributed by atoms with Crippen molar-refractivity contribution in [1.29, 1.82) is 0 Å². The fourth-order valence-corrected chi connectivity index (χ4v) is 1.53. The molecule has 0 saturated heterocycles. The number of thiophene rings is 1. The number of carbonyl (C=O) groups excluding carboxylic acids is 1. The predicted octanol–water partition coefficient (Wildman–Crippen LogP) is 1.90. The molecule has 66 valence electrons. The van der Waals surface area contributed by atoms with Crippen LogP contribution in [0.4, 0.5) is 0 Å². The quantitative estimate of drug-likeness (QED) is 0.653. The molecule has 0 aliphatic carbocycles. The predicted molar refractivity (Wildman–Crippen MR) is 49.5 cm³/mol. The summed E-state index contributed by atoms with van der Waals surface area (Å²) in [6, 6.07) is 4.09. The molecule has 1 rings (SSSR count). The van der Waals surface area contributed by atoms with Gasteiger partial charge in [0.15, 0.2) is 5.78 Å². The molecule has 0 N–H and O–H groups in total. The SMILES string of the molecule is CC(=O)COCCc1cccs1. The van der Waals surface area contributed by atoms with Gasteiger partial charge in [-0.15, -0.1) is 11.3 Å². The lowest BCUT2D eigenvalue weighted by molar-refractivity contribution is -0.121. The van der Waals surface area contributed by atoms with Gasteiger partial charge in [-0.1, -0.05) is 6.07 Å². The summed E-state index contributed by atoms with van der Waals surface area (Å²) in [4.78, 5) is 11.8. The van der Waals surface area contributed by atoms with Crippen molar-refractivity contribution in [3.8, 4) is 0 Å². The molecule has 0 spiro atoms. The summed E-state index contributed by atoms with van der Waals surface area (Å²) in [6.07, 6.45) is 0.908. The summed E-state index contributed by atoms with van der Waals surface area (Å²) in [5.41, 5.74) is 0. The van der Waals surface area contributed by atoms with Crippen LogP contribution in [-0.4, -0.2) is 19.0 Å². The minimum atomic E-state index is 0.0844. The Hall–Kier alpha value is -0.670. The summed E-state index contributed by atoms with van der Waals surface area (Å²) in [7, 11) is 0. The van der Waals surface area contributed by atoms with E-state index in [0.717, 1.165) is 6.42 Å². The number of rotatable bonds is 5. The summed E-state index contributed by atoms with van der Waals surface area (Å²) in [5.74, 6) is 0.0844. The second-order valence-electron chi connectivity index (χ2n) is 2.58. The first-order valence-electron chi connectivity index (χ1n) is 3.88. The highest BCUT2D eigenvalue weighted by Gasteiger charge is 1.95. The third kappa shape index (κ3) is 3.64. The number of ketones is 1. The maximum atomic E-state index is 10.5. The van der Waals surface area contributed by atoms with E-state index in [4.69, 9.17) is 4.74 Å². The largest absolute Gasteiger partial charge is 0.373 e. The zero-order valence-corrected chi connectivity index (χ0v) is 7.89. The van der Waals surface area contributed by atoms with E-state index in [2.05, 4.69) is 6.07 Å². The first kappa shape index (κ1) is 9.42. The third-order valence-corrected chi connectivity index (χ3v) is 2.31. The van der Waals surface area contributed by atoms with Crippen molar-refractivity contribution >= 4 is 17.1 Å². The molecule has 0 amide bonds. The minimum Gasteiger partial charge on any atom is -0.373 e. The fourth-order valence-electron chi connectivity index (χ4n) is 0.843. The highest BCUT2D eigenvalue weighted by molar-refractivity contribution is 7.09. The second-order valence-corrected chi connectivity index (χ2v) is 3.62. The highest BCUT2D eigenvalue weighted by Crippen LogP contribution is 2.08. The number of ether oxygens (including phenoxy) is 1. The van der Waals surface area contributed by atoms with Crippen LogP contribution in [0.2, 0.25) is 0 Å². The molecular weight excluding hydrogens is 172 g/mol. The summed E-state index contributed by atoms with van der Waals surface area (Å²) in [5, 5.41) is 2.04. The van der Waals surface area contributed by atoms with Crippen molar-refractivity contribution in [2.75, 3.05) is 13.2 Å². The van der Waals surface area contributed by atoms with Crippen molar-refractivity contribution in [3.05, 3.63) is 22.4 Å². The smallest absolute Gasteiger partial charge is 0.155 e.